The van der Waals surface area contributed by atoms with Crippen molar-refractivity contribution < 1.29 is 0 Å². The maximum absolute atomic E-state index is 6.23. The van der Waals surface area contributed by atoms with Crippen molar-refractivity contribution >= 4 is 47.2 Å². The Labute approximate surface area is 121 Å². The van der Waals surface area contributed by atoms with Crippen molar-refractivity contribution in [1.29, 1.82) is 0 Å². The van der Waals surface area contributed by atoms with Gasteiger partial charge in [0.15, 0.2) is 0 Å². The summed E-state index contributed by atoms with van der Waals surface area (Å²) >= 11 is 18.1. The van der Waals surface area contributed by atoms with Gasteiger partial charge in [0, 0.05) is 28.9 Å². The molecule has 0 aliphatic heterocycles. The third-order valence-electron chi connectivity index (χ3n) is 2.25. The van der Waals surface area contributed by atoms with E-state index in [4.69, 9.17) is 34.8 Å². The average molecular weight is 312 g/mol. The van der Waals surface area contributed by atoms with Crippen molar-refractivity contribution in [3.05, 3.63) is 52.5 Å². The number of halogens is 4. The molecular weight excluding hydrogens is 302 g/mol. The number of rotatable bonds is 3. The van der Waals surface area contributed by atoms with E-state index < -0.39 is 0 Å². The van der Waals surface area contributed by atoms with Gasteiger partial charge in [-0.3, -0.25) is 0 Å². The van der Waals surface area contributed by atoms with E-state index in [0.29, 0.717) is 16.5 Å². The molecule has 1 aromatic heterocycles. The lowest BCUT2D eigenvalue weighted by Crippen LogP contribution is -2.03. The predicted molar refractivity (Wildman–Crippen MR) is 74.5 cm³/mol. The highest BCUT2D eigenvalue weighted by molar-refractivity contribution is 6.35. The molecule has 0 amide bonds. The molecule has 1 atom stereocenters. The third-order valence-corrected chi connectivity index (χ3v) is 3.22. The Hall–Kier alpha value is -0.410. The Kier molecular flexibility index (Phi) is 5.60. The Bertz CT molecular complexity index is 470. The molecule has 1 heterocycles. The van der Waals surface area contributed by atoms with Gasteiger partial charge in [0.05, 0.1) is 6.33 Å². The van der Waals surface area contributed by atoms with Crippen LogP contribution >= 0.6 is 47.2 Å². The molecule has 0 saturated carbocycles. The number of hydrogen-bond acceptors (Lipinski definition) is 1. The summed E-state index contributed by atoms with van der Waals surface area (Å²) in [5.74, 6) is 0. The zero-order valence-corrected chi connectivity index (χ0v) is 11.8. The highest BCUT2D eigenvalue weighted by Gasteiger charge is 2.10. The van der Waals surface area contributed by atoms with E-state index in [0.717, 1.165) is 5.56 Å². The number of aromatic nitrogens is 2. The summed E-state index contributed by atoms with van der Waals surface area (Å²) in [6, 6.07) is 5.41. The zero-order chi connectivity index (χ0) is 11.5. The quantitative estimate of drug-likeness (QED) is 0.758. The van der Waals surface area contributed by atoms with Gasteiger partial charge in [-0.25, -0.2) is 4.98 Å². The molecule has 0 bridgehead atoms. The normalized spacial score (nSPS) is 11.9. The monoisotopic (exact) mass is 310 g/mol. The van der Waals surface area contributed by atoms with Gasteiger partial charge >= 0.3 is 0 Å². The number of alkyl halides is 1. The van der Waals surface area contributed by atoms with Crippen molar-refractivity contribution in [1.82, 2.24) is 9.55 Å². The van der Waals surface area contributed by atoms with Gasteiger partial charge in [-0.1, -0.05) is 40.9 Å². The molecule has 2 aromatic rings. The summed E-state index contributed by atoms with van der Waals surface area (Å²) in [5.41, 5.74) is 0.779. The van der Waals surface area contributed by atoms with Crippen molar-refractivity contribution in [3.8, 4) is 0 Å². The predicted octanol–water partition coefficient (Wildman–Crippen LogP) is 4.59. The largest absolute Gasteiger partial charge is 0.320 e. The minimum Gasteiger partial charge on any atom is -0.320 e. The molecule has 17 heavy (non-hydrogen) atoms. The van der Waals surface area contributed by atoms with Gasteiger partial charge in [-0.2, -0.15) is 0 Å². The summed E-state index contributed by atoms with van der Waals surface area (Å²) in [5, 5.41) is 1.26. The van der Waals surface area contributed by atoms with Crippen LogP contribution in [0.3, 0.4) is 0 Å². The molecule has 0 saturated heterocycles. The molecule has 0 radical (unpaired) electrons. The van der Waals surface area contributed by atoms with E-state index in [9.17, 15) is 0 Å². The first kappa shape index (κ1) is 14.7. The van der Waals surface area contributed by atoms with Gasteiger partial charge in [0.1, 0.15) is 5.50 Å². The first-order valence-electron chi connectivity index (χ1n) is 4.72. The molecule has 2 nitrogen and oxygen atoms in total. The van der Waals surface area contributed by atoms with Gasteiger partial charge in [-0.15, -0.1) is 12.4 Å². The minimum absolute atomic E-state index is 0. The molecule has 0 aliphatic rings. The third kappa shape index (κ3) is 3.78. The fraction of sp³-hybridized carbons (Fsp3) is 0.182. The topological polar surface area (TPSA) is 17.8 Å². The van der Waals surface area contributed by atoms with Gasteiger partial charge in [0.2, 0.25) is 0 Å². The molecule has 2 rings (SSSR count). The maximum atomic E-state index is 6.23. The van der Waals surface area contributed by atoms with Crippen LogP contribution in [0, 0.1) is 0 Å². The second kappa shape index (κ2) is 6.50. The van der Waals surface area contributed by atoms with E-state index in [1.165, 1.54) is 0 Å². The zero-order valence-electron chi connectivity index (χ0n) is 8.69. The van der Waals surface area contributed by atoms with E-state index in [1.54, 1.807) is 24.7 Å². The van der Waals surface area contributed by atoms with Crippen LogP contribution in [0.2, 0.25) is 10.0 Å². The van der Waals surface area contributed by atoms with Crippen molar-refractivity contribution in [2.75, 3.05) is 0 Å². The van der Waals surface area contributed by atoms with E-state index in [-0.39, 0.29) is 17.9 Å². The SMILES string of the molecule is Cl.Clc1ccc(CC(Cl)n2ccnc2)c(Cl)c1. The Morgan fingerprint density at radius 3 is 2.65 bits per heavy atom. The lowest BCUT2D eigenvalue weighted by molar-refractivity contribution is 0.663. The standard InChI is InChI=1S/C11H9Cl3N2.ClH/c12-9-2-1-8(10(13)6-9)5-11(14)16-4-3-15-7-16;/h1-4,6-7,11H,5H2;1H. The van der Waals surface area contributed by atoms with Crippen LogP contribution in [-0.4, -0.2) is 9.55 Å². The van der Waals surface area contributed by atoms with Crippen LogP contribution in [-0.2, 0) is 6.42 Å². The smallest absolute Gasteiger partial charge is 0.113 e. The van der Waals surface area contributed by atoms with E-state index in [2.05, 4.69) is 4.98 Å². The summed E-state index contributed by atoms with van der Waals surface area (Å²) in [6.45, 7) is 0. The number of benzene rings is 1. The van der Waals surface area contributed by atoms with Crippen molar-refractivity contribution in [2.24, 2.45) is 0 Å². The first-order valence-corrected chi connectivity index (χ1v) is 5.91. The van der Waals surface area contributed by atoms with Crippen molar-refractivity contribution in [3.63, 3.8) is 0 Å². The van der Waals surface area contributed by atoms with Gasteiger partial charge < -0.3 is 4.57 Å². The van der Waals surface area contributed by atoms with Crippen LogP contribution in [0.5, 0.6) is 0 Å². The van der Waals surface area contributed by atoms with Crippen molar-refractivity contribution in [2.45, 2.75) is 11.9 Å². The molecule has 0 fully saturated rings. The van der Waals surface area contributed by atoms with E-state index in [1.807, 2.05) is 16.8 Å². The number of imidazole rings is 1. The Morgan fingerprint density at radius 1 is 1.29 bits per heavy atom. The van der Waals surface area contributed by atoms with Crippen LogP contribution in [0.4, 0.5) is 0 Å². The fourth-order valence-corrected chi connectivity index (χ4v) is 2.18. The van der Waals surface area contributed by atoms with Crippen LogP contribution in [0.25, 0.3) is 0 Å². The molecule has 6 heteroatoms. The van der Waals surface area contributed by atoms with Crippen LogP contribution in [0.15, 0.2) is 36.9 Å². The molecule has 0 aliphatic carbocycles. The second-order valence-electron chi connectivity index (χ2n) is 3.38. The summed E-state index contributed by atoms with van der Waals surface area (Å²) < 4.78 is 1.83. The number of hydrogen-bond donors (Lipinski definition) is 0. The second-order valence-corrected chi connectivity index (χ2v) is 4.73. The Morgan fingerprint density at radius 2 is 2.06 bits per heavy atom. The molecule has 92 valence electrons. The number of nitrogens with zero attached hydrogens (tertiary/aromatic N) is 2. The van der Waals surface area contributed by atoms with E-state index >= 15 is 0 Å². The molecule has 1 aromatic carbocycles. The maximum Gasteiger partial charge on any atom is 0.113 e. The molecule has 1 unspecified atom stereocenters. The first-order chi connectivity index (χ1) is 7.66. The lowest BCUT2D eigenvalue weighted by Gasteiger charge is -2.12. The molecule has 0 N–H and O–H groups in total. The molecular formula is C11H10Cl4N2. The van der Waals surface area contributed by atoms with Gasteiger partial charge in [-0.05, 0) is 17.7 Å². The molecule has 0 spiro atoms. The van der Waals surface area contributed by atoms with Gasteiger partial charge in [0.25, 0.3) is 0 Å². The van der Waals surface area contributed by atoms with Crippen LogP contribution in [0.1, 0.15) is 11.1 Å². The van der Waals surface area contributed by atoms with Crippen LogP contribution < -0.4 is 0 Å². The highest BCUT2D eigenvalue weighted by Crippen LogP contribution is 2.26. The summed E-state index contributed by atoms with van der Waals surface area (Å²) in [7, 11) is 0. The Balaban J connectivity index is 0.00000144. The highest BCUT2D eigenvalue weighted by atomic mass is 35.5. The minimum atomic E-state index is -0.193. The summed E-state index contributed by atoms with van der Waals surface area (Å²) in [4.78, 5) is 3.95. The average Bonchev–Trinajstić information content (AvgIpc) is 2.75. The fourth-order valence-electron chi connectivity index (χ4n) is 1.41. The summed E-state index contributed by atoms with van der Waals surface area (Å²) in [6.07, 6.45) is 5.83. The lowest BCUT2D eigenvalue weighted by atomic mass is 10.1.